The molecule has 3 rings (SSSR count). The standard InChI is InChI=1S/C20H23N5O2S.C12H26O.C2H6/c1-13-6-5-7-15(22-13)16-12-28-19(23-16)24-17(26)10-21-18(27)14-8-9-25(11-14)20(2,3)4;1-5-7-12(10-13-4)9-8-11(3)6-2;1-2/h5-9,11-12H,10H2,1-4H3,(H,21,27)(H,23,24,26);11-12H,5-10H2,1-4H3;1-2H3. The van der Waals surface area contributed by atoms with E-state index < -0.39 is 0 Å². The SMILES string of the molecule is CC.CCCC(CCC(C)CC)COC.Cc1cccc(-c2csc(NC(=O)CNC(=O)c3ccn(C(C)(C)C)c3)n2)n1. The van der Waals surface area contributed by atoms with Crippen LogP contribution in [0.2, 0.25) is 0 Å². The average molecular weight is 614 g/mol. The van der Waals surface area contributed by atoms with Gasteiger partial charge in [-0.3, -0.25) is 14.6 Å². The first kappa shape index (κ1) is 38.0. The molecule has 3 heterocycles. The summed E-state index contributed by atoms with van der Waals surface area (Å²) in [7, 11) is 1.81. The van der Waals surface area contributed by atoms with Gasteiger partial charge in [-0.25, -0.2) is 4.98 Å². The van der Waals surface area contributed by atoms with Crippen LogP contribution in [0.3, 0.4) is 0 Å². The Labute approximate surface area is 264 Å². The van der Waals surface area contributed by atoms with Crippen molar-refractivity contribution in [3.05, 3.63) is 53.3 Å². The third kappa shape index (κ3) is 14.3. The summed E-state index contributed by atoms with van der Waals surface area (Å²) in [6.07, 6.45) is 10.3. The van der Waals surface area contributed by atoms with E-state index in [2.05, 4.69) is 62.1 Å². The quantitative estimate of drug-likeness (QED) is 0.202. The number of pyridine rings is 1. The van der Waals surface area contributed by atoms with E-state index >= 15 is 0 Å². The monoisotopic (exact) mass is 613 g/mol. The number of hydrogen-bond acceptors (Lipinski definition) is 6. The molecule has 9 heteroatoms. The van der Waals surface area contributed by atoms with Crippen molar-refractivity contribution in [3.8, 4) is 11.4 Å². The Morgan fingerprint density at radius 3 is 2.35 bits per heavy atom. The van der Waals surface area contributed by atoms with E-state index in [0.29, 0.717) is 16.4 Å². The smallest absolute Gasteiger partial charge is 0.253 e. The van der Waals surface area contributed by atoms with Crippen LogP contribution in [0.4, 0.5) is 5.13 Å². The van der Waals surface area contributed by atoms with E-state index in [0.717, 1.165) is 29.8 Å². The van der Waals surface area contributed by atoms with Gasteiger partial charge >= 0.3 is 0 Å². The van der Waals surface area contributed by atoms with Gasteiger partial charge in [-0.15, -0.1) is 11.3 Å². The van der Waals surface area contributed by atoms with Gasteiger partial charge < -0.3 is 19.9 Å². The second-order valence-electron chi connectivity index (χ2n) is 11.6. The molecule has 240 valence electrons. The van der Waals surface area contributed by atoms with E-state index in [1.807, 2.05) is 62.2 Å². The first-order valence-corrected chi connectivity index (χ1v) is 16.5. The summed E-state index contributed by atoms with van der Waals surface area (Å²) in [5.41, 5.74) is 2.78. The van der Waals surface area contributed by atoms with Crippen molar-refractivity contribution < 1.29 is 14.3 Å². The highest BCUT2D eigenvalue weighted by Crippen LogP contribution is 2.23. The Kier molecular flexibility index (Phi) is 17.7. The van der Waals surface area contributed by atoms with Gasteiger partial charge in [0.1, 0.15) is 5.69 Å². The summed E-state index contributed by atoms with van der Waals surface area (Å²) in [6.45, 7) is 19.8. The topological polar surface area (TPSA) is 98.1 Å². The van der Waals surface area contributed by atoms with Crippen molar-refractivity contribution in [3.63, 3.8) is 0 Å². The fraction of sp³-hybridized carbons (Fsp3) is 0.588. The number of methoxy groups -OCH3 is 1. The van der Waals surface area contributed by atoms with Gasteiger partial charge in [0.2, 0.25) is 5.91 Å². The van der Waals surface area contributed by atoms with Crippen LogP contribution in [0.5, 0.6) is 0 Å². The van der Waals surface area contributed by atoms with Crippen LogP contribution in [0.15, 0.2) is 42.0 Å². The molecule has 0 aliphatic rings. The minimum atomic E-state index is -0.332. The number of aromatic nitrogens is 3. The Hall–Kier alpha value is -3.04. The molecule has 0 radical (unpaired) electrons. The molecule has 3 aromatic rings. The summed E-state index contributed by atoms with van der Waals surface area (Å²) < 4.78 is 7.18. The summed E-state index contributed by atoms with van der Waals surface area (Å²) in [5, 5.41) is 7.64. The molecule has 0 saturated carbocycles. The largest absolute Gasteiger partial charge is 0.384 e. The summed E-state index contributed by atoms with van der Waals surface area (Å²) in [4.78, 5) is 33.2. The third-order valence-electron chi connectivity index (χ3n) is 6.90. The number of thiazole rings is 1. The molecule has 0 aromatic carbocycles. The molecular formula is C34H55N5O3S. The summed E-state index contributed by atoms with van der Waals surface area (Å²) >= 11 is 1.32. The number of amides is 2. The molecule has 8 nitrogen and oxygen atoms in total. The van der Waals surface area contributed by atoms with Crippen LogP contribution >= 0.6 is 11.3 Å². The lowest BCUT2D eigenvalue weighted by atomic mass is 9.93. The highest BCUT2D eigenvalue weighted by molar-refractivity contribution is 7.14. The maximum absolute atomic E-state index is 12.2. The minimum absolute atomic E-state index is 0.107. The Morgan fingerprint density at radius 2 is 1.77 bits per heavy atom. The van der Waals surface area contributed by atoms with Crippen molar-refractivity contribution in [2.24, 2.45) is 11.8 Å². The van der Waals surface area contributed by atoms with Crippen LogP contribution in [0.1, 0.15) is 104 Å². The summed E-state index contributed by atoms with van der Waals surface area (Å²) in [6, 6.07) is 7.44. The zero-order valence-corrected chi connectivity index (χ0v) is 28.9. The second kappa shape index (κ2) is 20.0. The van der Waals surface area contributed by atoms with Gasteiger partial charge in [0, 0.05) is 42.7 Å². The van der Waals surface area contributed by atoms with Gasteiger partial charge in [0.15, 0.2) is 5.13 Å². The third-order valence-corrected chi connectivity index (χ3v) is 7.66. The molecule has 0 spiro atoms. The van der Waals surface area contributed by atoms with E-state index in [1.165, 1.54) is 43.4 Å². The van der Waals surface area contributed by atoms with E-state index in [4.69, 9.17) is 4.74 Å². The van der Waals surface area contributed by atoms with Crippen molar-refractivity contribution in [2.75, 3.05) is 25.6 Å². The number of rotatable bonds is 13. The molecule has 43 heavy (non-hydrogen) atoms. The zero-order chi connectivity index (χ0) is 32.4. The molecule has 0 fully saturated rings. The lowest BCUT2D eigenvalue weighted by Gasteiger charge is -2.20. The molecular weight excluding hydrogens is 558 g/mol. The first-order chi connectivity index (χ1) is 20.5. The van der Waals surface area contributed by atoms with E-state index in [9.17, 15) is 9.59 Å². The molecule has 2 amide bonds. The molecule has 2 atom stereocenters. The molecule has 3 aromatic heterocycles. The highest BCUT2D eigenvalue weighted by Gasteiger charge is 2.16. The van der Waals surface area contributed by atoms with E-state index in [1.54, 1.807) is 12.3 Å². The normalized spacial score (nSPS) is 12.2. The van der Waals surface area contributed by atoms with Gasteiger partial charge in [-0.05, 0) is 70.6 Å². The van der Waals surface area contributed by atoms with Gasteiger partial charge in [-0.1, -0.05) is 59.9 Å². The van der Waals surface area contributed by atoms with Crippen molar-refractivity contribution in [1.82, 2.24) is 19.9 Å². The molecule has 0 aliphatic carbocycles. The molecule has 2 N–H and O–H groups in total. The average Bonchev–Trinajstić information content (AvgIpc) is 3.67. The zero-order valence-electron chi connectivity index (χ0n) is 28.1. The minimum Gasteiger partial charge on any atom is -0.384 e. The van der Waals surface area contributed by atoms with Crippen LogP contribution < -0.4 is 10.6 Å². The number of hydrogen-bond donors (Lipinski definition) is 2. The number of ether oxygens (including phenoxy) is 1. The number of anilines is 1. The predicted molar refractivity (Wildman–Crippen MR) is 181 cm³/mol. The van der Waals surface area contributed by atoms with Crippen molar-refractivity contribution >= 4 is 28.3 Å². The molecule has 0 saturated heterocycles. The maximum Gasteiger partial charge on any atom is 0.253 e. The van der Waals surface area contributed by atoms with E-state index in [-0.39, 0.29) is 23.9 Å². The van der Waals surface area contributed by atoms with Crippen LogP contribution in [-0.4, -0.2) is 46.6 Å². The number of nitrogens with zero attached hydrogens (tertiary/aromatic N) is 3. The Morgan fingerprint density at radius 1 is 1.05 bits per heavy atom. The van der Waals surface area contributed by atoms with Gasteiger partial charge in [0.25, 0.3) is 5.91 Å². The van der Waals surface area contributed by atoms with Gasteiger partial charge in [0.05, 0.1) is 17.8 Å². The molecule has 2 unspecified atom stereocenters. The molecule has 0 bridgehead atoms. The first-order valence-electron chi connectivity index (χ1n) is 15.6. The number of carbonyl (C=O) groups excluding carboxylic acids is 2. The van der Waals surface area contributed by atoms with Crippen molar-refractivity contribution in [2.45, 2.75) is 100.0 Å². The lowest BCUT2D eigenvalue weighted by Crippen LogP contribution is -2.32. The Bertz CT molecular complexity index is 1210. The fourth-order valence-electron chi connectivity index (χ4n) is 4.19. The number of aryl methyl sites for hydroxylation is 1. The lowest BCUT2D eigenvalue weighted by molar-refractivity contribution is -0.115. The number of nitrogens with one attached hydrogen (secondary N) is 2. The maximum atomic E-state index is 12.2. The van der Waals surface area contributed by atoms with Crippen LogP contribution in [0, 0.1) is 18.8 Å². The fourth-order valence-corrected chi connectivity index (χ4v) is 4.91. The summed E-state index contributed by atoms with van der Waals surface area (Å²) in [5.74, 6) is 1.06. The Balaban J connectivity index is 0.000000521. The van der Waals surface area contributed by atoms with Crippen LogP contribution in [-0.2, 0) is 15.1 Å². The van der Waals surface area contributed by atoms with Crippen molar-refractivity contribution in [1.29, 1.82) is 0 Å². The predicted octanol–water partition coefficient (Wildman–Crippen LogP) is 8.34. The number of carbonyl (C=O) groups is 2. The van der Waals surface area contributed by atoms with Gasteiger partial charge in [-0.2, -0.15) is 0 Å². The van der Waals surface area contributed by atoms with Crippen LogP contribution in [0.25, 0.3) is 11.4 Å². The molecule has 0 aliphatic heterocycles. The second-order valence-corrected chi connectivity index (χ2v) is 12.5. The highest BCUT2D eigenvalue weighted by atomic mass is 32.1.